The summed E-state index contributed by atoms with van der Waals surface area (Å²) in [6.45, 7) is 7.98. The second kappa shape index (κ2) is 10.8. The van der Waals surface area contributed by atoms with E-state index in [1.54, 1.807) is 11.8 Å². The van der Waals surface area contributed by atoms with Gasteiger partial charge < -0.3 is 4.90 Å². The first-order valence-corrected chi connectivity index (χ1v) is 14.2. The van der Waals surface area contributed by atoms with E-state index in [1.165, 1.54) is 21.7 Å². The van der Waals surface area contributed by atoms with Gasteiger partial charge in [-0.05, 0) is 49.1 Å². The Morgan fingerprint density at radius 3 is 1.86 bits per heavy atom. The first-order chi connectivity index (χ1) is 17.2. The van der Waals surface area contributed by atoms with E-state index >= 15 is 0 Å². The van der Waals surface area contributed by atoms with Crippen LogP contribution >= 0.6 is 0 Å². The van der Waals surface area contributed by atoms with Crippen LogP contribution in [0.4, 0.5) is 5.69 Å². The summed E-state index contributed by atoms with van der Waals surface area (Å²) < 4.78 is 26.9. The molecule has 1 fully saturated rings. The third kappa shape index (κ3) is 5.63. The highest BCUT2D eigenvalue weighted by Crippen LogP contribution is 2.30. The number of carbonyl (C=O) groups is 1. The number of amides is 1. The summed E-state index contributed by atoms with van der Waals surface area (Å²) in [5.41, 5.74) is 4.77. The smallest absolute Gasteiger partial charge is 0.246 e. The van der Waals surface area contributed by atoms with Crippen molar-refractivity contribution in [3.63, 3.8) is 0 Å². The Morgan fingerprint density at radius 2 is 1.36 bits per heavy atom. The lowest BCUT2D eigenvalue weighted by atomic mass is 9.96. The summed E-state index contributed by atoms with van der Waals surface area (Å²) in [5, 5.41) is 0. The zero-order chi connectivity index (χ0) is 25.9. The average Bonchev–Trinajstić information content (AvgIpc) is 2.87. The zero-order valence-corrected chi connectivity index (χ0v) is 22.3. The minimum atomic E-state index is -3.66. The maximum Gasteiger partial charge on any atom is 0.246 e. The fraction of sp³-hybridized carbons (Fsp3) is 0.345. The van der Waals surface area contributed by atoms with Crippen molar-refractivity contribution in [3.8, 4) is 0 Å². The van der Waals surface area contributed by atoms with Gasteiger partial charge in [-0.2, -0.15) is 0 Å². The van der Waals surface area contributed by atoms with Crippen LogP contribution in [0, 0.1) is 13.8 Å². The van der Waals surface area contributed by atoms with Crippen LogP contribution in [0.5, 0.6) is 0 Å². The molecule has 1 saturated heterocycles. The number of sulfonamides is 1. The first kappa shape index (κ1) is 25.9. The highest BCUT2D eigenvalue weighted by Gasteiger charge is 2.35. The predicted molar refractivity (Wildman–Crippen MR) is 146 cm³/mol. The van der Waals surface area contributed by atoms with Crippen molar-refractivity contribution in [1.29, 1.82) is 0 Å². The summed E-state index contributed by atoms with van der Waals surface area (Å²) in [4.78, 5) is 17.8. The van der Waals surface area contributed by atoms with Crippen molar-refractivity contribution >= 4 is 21.6 Å². The molecule has 36 heavy (non-hydrogen) atoms. The number of anilines is 1. The highest BCUT2D eigenvalue weighted by atomic mass is 32.2. The third-order valence-corrected chi connectivity index (χ3v) is 8.12. The van der Waals surface area contributed by atoms with E-state index in [2.05, 4.69) is 53.4 Å². The summed E-state index contributed by atoms with van der Waals surface area (Å²) in [6.07, 6.45) is 1.17. The normalized spacial score (nSPS) is 15.6. The van der Waals surface area contributed by atoms with Gasteiger partial charge >= 0.3 is 0 Å². The van der Waals surface area contributed by atoms with Crippen molar-refractivity contribution in [2.75, 3.05) is 36.7 Å². The minimum absolute atomic E-state index is 0.101. The van der Waals surface area contributed by atoms with Gasteiger partial charge in [0.25, 0.3) is 0 Å². The van der Waals surface area contributed by atoms with Crippen molar-refractivity contribution in [3.05, 3.63) is 101 Å². The van der Waals surface area contributed by atoms with Gasteiger partial charge in [-0.15, -0.1) is 0 Å². The summed E-state index contributed by atoms with van der Waals surface area (Å²) in [5.74, 6) is -0.169. The minimum Gasteiger partial charge on any atom is -0.338 e. The molecule has 4 rings (SSSR count). The lowest BCUT2D eigenvalue weighted by Gasteiger charge is -2.41. The SMILES string of the molecule is Cc1ccc(C)c(N(C(C)C(=O)N2CCN(C(c3ccccc3)c3ccccc3)CC2)S(C)(=O)=O)c1. The van der Waals surface area contributed by atoms with E-state index in [0.717, 1.165) is 11.1 Å². The number of aryl methyl sites for hydroxylation is 2. The molecular weight excluding hydrogens is 470 g/mol. The molecule has 1 unspecified atom stereocenters. The largest absolute Gasteiger partial charge is 0.338 e. The van der Waals surface area contributed by atoms with E-state index in [1.807, 2.05) is 44.2 Å². The molecule has 1 amide bonds. The highest BCUT2D eigenvalue weighted by molar-refractivity contribution is 7.92. The fourth-order valence-electron chi connectivity index (χ4n) is 5.08. The number of carbonyl (C=O) groups excluding carboxylic acids is 1. The number of hydrogen-bond acceptors (Lipinski definition) is 4. The maximum absolute atomic E-state index is 13.6. The van der Waals surface area contributed by atoms with Crippen molar-refractivity contribution < 1.29 is 13.2 Å². The second-order valence-corrected chi connectivity index (χ2v) is 11.5. The molecule has 0 aromatic heterocycles. The quantitative estimate of drug-likeness (QED) is 0.478. The van der Waals surface area contributed by atoms with Crippen LogP contribution in [0.25, 0.3) is 0 Å². The Balaban J connectivity index is 1.53. The fourth-order valence-corrected chi connectivity index (χ4v) is 6.30. The molecule has 1 atom stereocenters. The molecule has 1 aliphatic heterocycles. The molecular formula is C29H35N3O3S. The van der Waals surface area contributed by atoms with Gasteiger partial charge in [0.1, 0.15) is 6.04 Å². The Bertz CT molecular complexity index is 1250. The Hall–Kier alpha value is -3.16. The molecule has 0 N–H and O–H groups in total. The van der Waals surface area contributed by atoms with Gasteiger partial charge in [-0.3, -0.25) is 14.0 Å². The van der Waals surface area contributed by atoms with E-state index in [4.69, 9.17) is 0 Å². The zero-order valence-electron chi connectivity index (χ0n) is 21.5. The molecule has 190 valence electrons. The van der Waals surface area contributed by atoms with Crippen LogP contribution in [0.3, 0.4) is 0 Å². The van der Waals surface area contributed by atoms with Crippen LogP contribution in [0.1, 0.15) is 35.2 Å². The lowest BCUT2D eigenvalue weighted by molar-refractivity contribution is -0.134. The van der Waals surface area contributed by atoms with Gasteiger partial charge in [0, 0.05) is 26.2 Å². The lowest BCUT2D eigenvalue weighted by Crippen LogP contribution is -2.55. The predicted octanol–water partition coefficient (Wildman–Crippen LogP) is 4.39. The van der Waals surface area contributed by atoms with E-state index in [-0.39, 0.29) is 11.9 Å². The number of piperazine rings is 1. The van der Waals surface area contributed by atoms with Gasteiger partial charge in [0.15, 0.2) is 0 Å². The van der Waals surface area contributed by atoms with Crippen LogP contribution in [0.2, 0.25) is 0 Å². The van der Waals surface area contributed by atoms with Crippen LogP contribution < -0.4 is 4.31 Å². The summed E-state index contributed by atoms with van der Waals surface area (Å²) >= 11 is 0. The molecule has 1 heterocycles. The molecule has 0 spiro atoms. The van der Waals surface area contributed by atoms with Crippen molar-refractivity contribution in [2.24, 2.45) is 0 Å². The molecule has 1 aliphatic rings. The van der Waals surface area contributed by atoms with E-state index in [0.29, 0.717) is 31.9 Å². The standard InChI is InChI=1S/C29H35N3O3S/c1-22-15-16-23(2)27(21-22)32(36(4,34)35)24(3)29(33)31-19-17-30(18-20-31)28(25-11-7-5-8-12-25)26-13-9-6-10-14-26/h5-16,21,24,28H,17-20H2,1-4H3. The number of benzene rings is 3. The molecule has 0 saturated carbocycles. The monoisotopic (exact) mass is 505 g/mol. The van der Waals surface area contributed by atoms with E-state index < -0.39 is 16.1 Å². The molecule has 3 aromatic rings. The van der Waals surface area contributed by atoms with Gasteiger partial charge in [0.2, 0.25) is 15.9 Å². The molecule has 0 bridgehead atoms. The average molecular weight is 506 g/mol. The van der Waals surface area contributed by atoms with Gasteiger partial charge in [0.05, 0.1) is 18.0 Å². The Labute approximate surface area is 215 Å². The number of hydrogen-bond donors (Lipinski definition) is 0. The summed E-state index contributed by atoms with van der Waals surface area (Å²) in [7, 11) is -3.66. The Morgan fingerprint density at radius 1 is 0.833 bits per heavy atom. The van der Waals surface area contributed by atoms with Crippen LogP contribution in [-0.2, 0) is 14.8 Å². The maximum atomic E-state index is 13.6. The Kier molecular flexibility index (Phi) is 7.81. The molecule has 6 nitrogen and oxygen atoms in total. The van der Waals surface area contributed by atoms with Gasteiger partial charge in [-0.25, -0.2) is 8.42 Å². The number of rotatable bonds is 7. The molecule has 0 radical (unpaired) electrons. The second-order valence-electron chi connectivity index (χ2n) is 9.61. The molecule has 3 aromatic carbocycles. The molecule has 0 aliphatic carbocycles. The van der Waals surface area contributed by atoms with Crippen LogP contribution in [0.15, 0.2) is 78.9 Å². The van der Waals surface area contributed by atoms with Crippen molar-refractivity contribution in [1.82, 2.24) is 9.80 Å². The third-order valence-electron chi connectivity index (χ3n) is 6.89. The van der Waals surface area contributed by atoms with Crippen molar-refractivity contribution in [2.45, 2.75) is 32.9 Å². The van der Waals surface area contributed by atoms with Gasteiger partial charge in [-0.1, -0.05) is 72.8 Å². The summed E-state index contributed by atoms with van der Waals surface area (Å²) in [6, 6.07) is 25.8. The first-order valence-electron chi connectivity index (χ1n) is 12.4. The number of nitrogens with zero attached hydrogens (tertiary/aromatic N) is 3. The van der Waals surface area contributed by atoms with Crippen LogP contribution in [-0.4, -0.2) is 62.6 Å². The van der Waals surface area contributed by atoms with E-state index in [9.17, 15) is 13.2 Å². The topological polar surface area (TPSA) is 60.9 Å². The molecule has 7 heteroatoms.